The Kier molecular flexibility index (Phi) is 11.6. The molecule has 0 aliphatic rings. The summed E-state index contributed by atoms with van der Waals surface area (Å²) in [6.07, 6.45) is 5.98. The van der Waals surface area contributed by atoms with Gasteiger partial charge >= 0.3 is 5.97 Å². The zero-order chi connectivity index (χ0) is 6.41. The van der Waals surface area contributed by atoms with Gasteiger partial charge in [0.2, 0.25) is 0 Å². The number of hydrogen-bond donors (Lipinski definition) is 1. The Balaban J connectivity index is 0. The molecule has 0 spiro atoms. The first kappa shape index (κ1) is 12.2. The Morgan fingerprint density at radius 1 is 1.44 bits per heavy atom. The fourth-order valence-corrected chi connectivity index (χ4v) is 0.249. The summed E-state index contributed by atoms with van der Waals surface area (Å²) in [5.74, 6) is -0.914. The first-order valence-corrected chi connectivity index (χ1v) is 2.29. The van der Waals surface area contributed by atoms with Gasteiger partial charge in [-0.1, -0.05) is 18.2 Å². The van der Waals surface area contributed by atoms with Crippen LogP contribution in [0.15, 0.2) is 24.3 Å². The fraction of sp³-hybridized carbons (Fsp3) is 0.167. The third-order valence-corrected chi connectivity index (χ3v) is 0.542. The van der Waals surface area contributed by atoms with Gasteiger partial charge in [-0.15, -0.1) is 0 Å². The maximum Gasteiger partial charge on any atom is 0.328 e. The van der Waals surface area contributed by atoms with Crippen LogP contribution in [0.5, 0.6) is 0 Å². The zero-order valence-corrected chi connectivity index (χ0v) is 7.47. The first-order chi connectivity index (χ1) is 3.77. The van der Waals surface area contributed by atoms with Crippen molar-refractivity contribution in [1.29, 1.82) is 0 Å². The number of rotatable bonds is 2. The van der Waals surface area contributed by atoms with E-state index in [4.69, 9.17) is 5.11 Å². The molecule has 3 heteroatoms. The molecule has 0 unspecified atom stereocenters. The van der Waals surface area contributed by atoms with Gasteiger partial charge < -0.3 is 5.11 Å². The van der Waals surface area contributed by atoms with Crippen LogP contribution in [0.1, 0.15) is 6.92 Å². The van der Waals surface area contributed by atoms with E-state index in [2.05, 4.69) is 0 Å². The van der Waals surface area contributed by atoms with Crippen molar-refractivity contribution in [2.75, 3.05) is 0 Å². The van der Waals surface area contributed by atoms with Crippen molar-refractivity contribution in [3.05, 3.63) is 24.3 Å². The molecular weight excluding hydrogens is 256 g/mol. The topological polar surface area (TPSA) is 37.3 Å². The van der Waals surface area contributed by atoms with E-state index in [0.29, 0.717) is 0 Å². The first-order valence-electron chi connectivity index (χ1n) is 2.29. The smallest absolute Gasteiger partial charge is 0.328 e. The third kappa shape index (κ3) is 11.9. The van der Waals surface area contributed by atoms with Crippen molar-refractivity contribution in [3.8, 4) is 0 Å². The molecule has 9 heavy (non-hydrogen) atoms. The second kappa shape index (κ2) is 8.53. The minimum absolute atomic E-state index is 0. The molecule has 1 radical (unpaired) electrons. The van der Waals surface area contributed by atoms with Gasteiger partial charge in [-0.25, -0.2) is 4.79 Å². The number of carboxylic acids is 1. The van der Waals surface area contributed by atoms with Crippen LogP contribution in [0.25, 0.3) is 0 Å². The van der Waals surface area contributed by atoms with Crippen molar-refractivity contribution in [1.82, 2.24) is 0 Å². The summed E-state index contributed by atoms with van der Waals surface area (Å²) in [5, 5.41) is 8.02. The molecule has 0 rings (SSSR count). The molecule has 0 atom stereocenters. The molecule has 0 aromatic heterocycles. The van der Waals surface area contributed by atoms with Gasteiger partial charge in [-0.05, 0) is 6.92 Å². The Labute approximate surface area is 95.2 Å². The van der Waals surface area contributed by atoms with Crippen LogP contribution in [0, 0.1) is 49.4 Å². The number of carbonyl (C=O) groups is 1. The number of aliphatic carboxylic acids is 1. The molecule has 51 valence electrons. The van der Waals surface area contributed by atoms with E-state index in [-0.39, 0.29) is 49.4 Å². The maximum atomic E-state index is 9.75. The monoisotopic (exact) mass is 265 g/mol. The van der Waals surface area contributed by atoms with Gasteiger partial charge in [0.15, 0.2) is 0 Å². The van der Waals surface area contributed by atoms with E-state index in [9.17, 15) is 4.79 Å². The van der Waals surface area contributed by atoms with E-state index in [1.54, 1.807) is 12.2 Å². The summed E-state index contributed by atoms with van der Waals surface area (Å²) in [7, 11) is 0. The third-order valence-electron chi connectivity index (χ3n) is 0.542. The van der Waals surface area contributed by atoms with Crippen LogP contribution in [0.2, 0.25) is 0 Å². The normalized spacial score (nSPS) is 9.89. The van der Waals surface area contributed by atoms with Crippen LogP contribution in [0.4, 0.5) is 0 Å². The number of carboxylic acid groups (broad SMARTS) is 1. The van der Waals surface area contributed by atoms with Crippen molar-refractivity contribution in [2.24, 2.45) is 0 Å². The standard InChI is InChI=1S/C6H8O2.Eu/c1-2-3-4-5-6(7)8;/h2-5H,1H3,(H,7,8);/b3-2+,5-4+;. The second-order valence-corrected chi connectivity index (χ2v) is 1.22. The average Bonchev–Trinajstić information content (AvgIpc) is 1.66. The minimum atomic E-state index is -0.914. The van der Waals surface area contributed by atoms with E-state index in [1.807, 2.05) is 6.92 Å². The maximum absolute atomic E-state index is 9.75. The van der Waals surface area contributed by atoms with Crippen molar-refractivity contribution < 1.29 is 59.3 Å². The van der Waals surface area contributed by atoms with Crippen LogP contribution in [-0.2, 0) is 4.79 Å². The molecular formula is C6H8EuO2. The largest absolute Gasteiger partial charge is 0.478 e. The molecule has 0 aromatic rings. The zero-order valence-electron chi connectivity index (χ0n) is 5.04. The quantitative estimate of drug-likeness (QED) is 0.601. The van der Waals surface area contributed by atoms with E-state index < -0.39 is 5.97 Å². The number of hydrogen-bond acceptors (Lipinski definition) is 1. The summed E-state index contributed by atoms with van der Waals surface area (Å²) in [6.45, 7) is 1.83. The van der Waals surface area contributed by atoms with E-state index in [0.717, 1.165) is 6.08 Å². The molecule has 0 saturated heterocycles. The van der Waals surface area contributed by atoms with E-state index in [1.165, 1.54) is 6.08 Å². The number of allylic oxidation sites excluding steroid dienone is 3. The molecule has 0 aromatic carbocycles. The molecule has 0 fully saturated rings. The molecule has 0 aliphatic heterocycles. The van der Waals surface area contributed by atoms with Gasteiger partial charge in [0.1, 0.15) is 0 Å². The van der Waals surface area contributed by atoms with Crippen LogP contribution >= 0.6 is 0 Å². The van der Waals surface area contributed by atoms with Crippen molar-refractivity contribution >= 4 is 5.97 Å². The summed E-state index contributed by atoms with van der Waals surface area (Å²) in [5.41, 5.74) is 0. The van der Waals surface area contributed by atoms with Crippen LogP contribution in [0.3, 0.4) is 0 Å². The molecule has 0 aliphatic carbocycles. The second-order valence-electron chi connectivity index (χ2n) is 1.22. The molecule has 0 heterocycles. The van der Waals surface area contributed by atoms with Gasteiger partial charge in [0.25, 0.3) is 0 Å². The molecule has 0 saturated carbocycles. The Morgan fingerprint density at radius 2 is 2.00 bits per heavy atom. The molecule has 0 bridgehead atoms. The average molecular weight is 264 g/mol. The molecule has 0 amide bonds. The predicted octanol–water partition coefficient (Wildman–Crippen LogP) is 1.20. The summed E-state index contributed by atoms with van der Waals surface area (Å²) < 4.78 is 0. The van der Waals surface area contributed by atoms with E-state index >= 15 is 0 Å². The fourth-order valence-electron chi connectivity index (χ4n) is 0.249. The van der Waals surface area contributed by atoms with Crippen molar-refractivity contribution in [2.45, 2.75) is 6.92 Å². The SMILES string of the molecule is C/C=C/C=C/C(=O)O.[Eu]. The predicted molar refractivity (Wildman–Crippen MR) is 31.6 cm³/mol. The van der Waals surface area contributed by atoms with Crippen molar-refractivity contribution in [3.63, 3.8) is 0 Å². The van der Waals surface area contributed by atoms with Gasteiger partial charge in [-0.3, -0.25) is 0 Å². The Morgan fingerprint density at radius 3 is 2.33 bits per heavy atom. The molecule has 2 nitrogen and oxygen atoms in total. The summed E-state index contributed by atoms with van der Waals surface area (Å²) in [6, 6.07) is 0. The van der Waals surface area contributed by atoms with Crippen LogP contribution in [-0.4, -0.2) is 11.1 Å². The summed E-state index contributed by atoms with van der Waals surface area (Å²) in [4.78, 5) is 9.75. The van der Waals surface area contributed by atoms with Crippen LogP contribution < -0.4 is 0 Å². The van der Waals surface area contributed by atoms with Gasteiger partial charge in [0.05, 0.1) is 0 Å². The minimum Gasteiger partial charge on any atom is -0.478 e. The van der Waals surface area contributed by atoms with Gasteiger partial charge in [-0.2, -0.15) is 0 Å². The Bertz CT molecular complexity index is 127. The Hall–Kier alpha value is 0.534. The summed E-state index contributed by atoms with van der Waals surface area (Å²) >= 11 is 0. The van der Waals surface area contributed by atoms with Gasteiger partial charge in [0, 0.05) is 55.5 Å². The molecule has 1 N–H and O–H groups in total.